The molecule has 1 heterocycles. The number of hydrogen-bond acceptors (Lipinski definition) is 4. The topological polar surface area (TPSA) is 53.4 Å². The predicted molar refractivity (Wildman–Crippen MR) is 86.4 cm³/mol. The van der Waals surface area contributed by atoms with Gasteiger partial charge in [-0.05, 0) is 18.4 Å². The number of rotatable bonds is 5. The number of nitrogens with zero attached hydrogens (tertiary/aromatic N) is 2. The standard InChI is InChI=1S/C16H20N2O2S/c1-10(2)13-14(15(19)20)21-16(17-13)18(4)9-12-7-5-6-11(3)8-12/h5-8,10H,9H2,1-4H3,(H,19,20). The second kappa shape index (κ2) is 6.26. The van der Waals surface area contributed by atoms with E-state index in [0.29, 0.717) is 17.1 Å². The molecule has 0 radical (unpaired) electrons. The van der Waals surface area contributed by atoms with Gasteiger partial charge in [0.1, 0.15) is 4.88 Å². The summed E-state index contributed by atoms with van der Waals surface area (Å²) < 4.78 is 0. The molecule has 5 heteroatoms. The van der Waals surface area contributed by atoms with Gasteiger partial charge >= 0.3 is 5.97 Å². The van der Waals surface area contributed by atoms with Crippen LogP contribution in [0.3, 0.4) is 0 Å². The molecule has 2 rings (SSSR count). The fourth-order valence-electron chi connectivity index (χ4n) is 2.18. The van der Waals surface area contributed by atoms with Gasteiger partial charge in [0.2, 0.25) is 0 Å². The van der Waals surface area contributed by atoms with Crippen LogP contribution in [0.1, 0.15) is 46.3 Å². The summed E-state index contributed by atoms with van der Waals surface area (Å²) in [5.41, 5.74) is 3.07. The van der Waals surface area contributed by atoms with E-state index in [2.05, 4.69) is 30.1 Å². The second-order valence-electron chi connectivity index (χ2n) is 5.52. The number of thiazole rings is 1. The maximum Gasteiger partial charge on any atom is 0.347 e. The quantitative estimate of drug-likeness (QED) is 0.910. The molecular weight excluding hydrogens is 284 g/mol. The van der Waals surface area contributed by atoms with Crippen molar-refractivity contribution in [2.45, 2.75) is 33.2 Å². The molecule has 1 aromatic carbocycles. The van der Waals surface area contributed by atoms with Crippen molar-refractivity contribution in [2.24, 2.45) is 0 Å². The summed E-state index contributed by atoms with van der Waals surface area (Å²) >= 11 is 1.24. The lowest BCUT2D eigenvalue weighted by Crippen LogP contribution is -2.16. The molecular formula is C16H20N2O2S. The van der Waals surface area contributed by atoms with Crippen molar-refractivity contribution in [2.75, 3.05) is 11.9 Å². The fourth-order valence-corrected chi connectivity index (χ4v) is 3.20. The first-order valence-corrected chi connectivity index (χ1v) is 7.71. The Balaban J connectivity index is 2.25. The molecule has 0 aliphatic rings. The Morgan fingerprint density at radius 1 is 1.43 bits per heavy atom. The van der Waals surface area contributed by atoms with Crippen LogP contribution < -0.4 is 4.90 Å². The van der Waals surface area contributed by atoms with Crippen molar-refractivity contribution in [3.05, 3.63) is 46.0 Å². The first-order valence-electron chi connectivity index (χ1n) is 6.89. The monoisotopic (exact) mass is 304 g/mol. The van der Waals surface area contributed by atoms with Gasteiger partial charge in [-0.2, -0.15) is 0 Å². The normalized spacial score (nSPS) is 10.9. The molecule has 0 saturated heterocycles. The van der Waals surface area contributed by atoms with Crippen molar-refractivity contribution < 1.29 is 9.90 Å². The summed E-state index contributed by atoms with van der Waals surface area (Å²) in [7, 11) is 1.94. The van der Waals surface area contributed by atoms with E-state index in [1.807, 2.05) is 31.9 Å². The minimum atomic E-state index is -0.897. The van der Waals surface area contributed by atoms with Crippen molar-refractivity contribution >= 4 is 22.4 Å². The van der Waals surface area contributed by atoms with Gasteiger partial charge in [0.05, 0.1) is 5.69 Å². The number of anilines is 1. The van der Waals surface area contributed by atoms with E-state index < -0.39 is 5.97 Å². The van der Waals surface area contributed by atoms with Crippen LogP contribution in [0.2, 0.25) is 0 Å². The van der Waals surface area contributed by atoms with Crippen molar-refractivity contribution in [1.82, 2.24) is 4.98 Å². The molecule has 1 N–H and O–H groups in total. The zero-order valence-electron chi connectivity index (χ0n) is 12.8. The van der Waals surface area contributed by atoms with Crippen molar-refractivity contribution in [3.8, 4) is 0 Å². The van der Waals surface area contributed by atoms with Crippen LogP contribution in [-0.4, -0.2) is 23.1 Å². The van der Waals surface area contributed by atoms with Gasteiger partial charge in [-0.3, -0.25) is 0 Å². The number of aromatic carboxylic acids is 1. The third-order valence-electron chi connectivity index (χ3n) is 3.21. The zero-order valence-corrected chi connectivity index (χ0v) is 13.6. The highest BCUT2D eigenvalue weighted by Gasteiger charge is 2.21. The van der Waals surface area contributed by atoms with E-state index in [1.54, 1.807) is 0 Å². The molecule has 2 aromatic rings. The molecule has 112 valence electrons. The largest absolute Gasteiger partial charge is 0.477 e. The van der Waals surface area contributed by atoms with Gasteiger partial charge in [-0.25, -0.2) is 9.78 Å². The maximum atomic E-state index is 11.3. The number of carbonyl (C=O) groups is 1. The van der Waals surface area contributed by atoms with Gasteiger partial charge < -0.3 is 10.0 Å². The molecule has 0 amide bonds. The van der Waals surface area contributed by atoms with Gasteiger partial charge in [0.25, 0.3) is 0 Å². The van der Waals surface area contributed by atoms with Crippen LogP contribution in [0.5, 0.6) is 0 Å². The Labute approximate surface area is 129 Å². The van der Waals surface area contributed by atoms with Gasteiger partial charge in [-0.15, -0.1) is 0 Å². The third kappa shape index (κ3) is 3.61. The van der Waals surface area contributed by atoms with Crippen LogP contribution in [0, 0.1) is 6.92 Å². The number of aryl methyl sites for hydroxylation is 1. The number of carboxylic acid groups (broad SMARTS) is 1. The van der Waals surface area contributed by atoms with Crippen molar-refractivity contribution in [3.63, 3.8) is 0 Å². The van der Waals surface area contributed by atoms with Gasteiger partial charge in [0.15, 0.2) is 5.13 Å². The highest BCUT2D eigenvalue weighted by molar-refractivity contribution is 7.17. The second-order valence-corrected chi connectivity index (χ2v) is 6.49. The lowest BCUT2D eigenvalue weighted by molar-refractivity contribution is 0.0700. The summed E-state index contributed by atoms with van der Waals surface area (Å²) in [5, 5.41) is 10.0. The zero-order chi connectivity index (χ0) is 15.6. The number of benzene rings is 1. The van der Waals surface area contributed by atoms with Gasteiger partial charge in [0, 0.05) is 13.6 Å². The number of carboxylic acids is 1. The molecule has 0 saturated carbocycles. The minimum Gasteiger partial charge on any atom is -0.477 e. The van der Waals surface area contributed by atoms with Crippen LogP contribution in [0.25, 0.3) is 0 Å². The Kier molecular flexibility index (Phi) is 4.63. The Morgan fingerprint density at radius 2 is 2.14 bits per heavy atom. The predicted octanol–water partition coefficient (Wildman–Crippen LogP) is 3.91. The van der Waals surface area contributed by atoms with Crippen LogP contribution in [0.4, 0.5) is 5.13 Å². The Morgan fingerprint density at radius 3 is 2.67 bits per heavy atom. The summed E-state index contributed by atoms with van der Waals surface area (Å²) in [6, 6.07) is 8.29. The van der Waals surface area contributed by atoms with Gasteiger partial charge in [-0.1, -0.05) is 55.0 Å². The van der Waals surface area contributed by atoms with E-state index in [-0.39, 0.29) is 5.92 Å². The molecule has 0 aliphatic carbocycles. The summed E-state index contributed by atoms with van der Waals surface area (Å²) in [5.74, 6) is -0.792. The van der Waals surface area contributed by atoms with E-state index in [4.69, 9.17) is 0 Å². The number of hydrogen-bond donors (Lipinski definition) is 1. The third-order valence-corrected chi connectivity index (χ3v) is 4.39. The summed E-state index contributed by atoms with van der Waals surface area (Å²) in [4.78, 5) is 18.2. The molecule has 0 atom stereocenters. The fraction of sp³-hybridized carbons (Fsp3) is 0.375. The first kappa shape index (κ1) is 15.5. The summed E-state index contributed by atoms with van der Waals surface area (Å²) in [6.45, 7) is 6.70. The first-order chi connectivity index (χ1) is 9.88. The van der Waals surface area contributed by atoms with Crippen molar-refractivity contribution in [1.29, 1.82) is 0 Å². The molecule has 1 aromatic heterocycles. The summed E-state index contributed by atoms with van der Waals surface area (Å²) in [6.07, 6.45) is 0. The van der Waals surface area contributed by atoms with Crippen LogP contribution in [-0.2, 0) is 6.54 Å². The number of aromatic nitrogens is 1. The molecule has 0 bridgehead atoms. The molecule has 0 unspecified atom stereocenters. The maximum absolute atomic E-state index is 11.3. The highest BCUT2D eigenvalue weighted by Crippen LogP contribution is 2.30. The molecule has 0 aliphatic heterocycles. The van der Waals surface area contributed by atoms with E-state index >= 15 is 0 Å². The van der Waals surface area contributed by atoms with E-state index in [9.17, 15) is 9.90 Å². The molecule has 0 spiro atoms. The molecule has 4 nitrogen and oxygen atoms in total. The average molecular weight is 304 g/mol. The lowest BCUT2D eigenvalue weighted by Gasteiger charge is -2.16. The molecule has 21 heavy (non-hydrogen) atoms. The Bertz CT molecular complexity index is 649. The van der Waals surface area contributed by atoms with E-state index in [1.165, 1.54) is 22.5 Å². The van der Waals surface area contributed by atoms with Crippen LogP contribution in [0.15, 0.2) is 24.3 Å². The highest BCUT2D eigenvalue weighted by atomic mass is 32.1. The molecule has 0 fully saturated rings. The average Bonchev–Trinajstić information content (AvgIpc) is 2.84. The minimum absolute atomic E-state index is 0.105. The van der Waals surface area contributed by atoms with E-state index in [0.717, 1.165) is 5.13 Å². The lowest BCUT2D eigenvalue weighted by atomic mass is 10.1. The van der Waals surface area contributed by atoms with Crippen LogP contribution >= 0.6 is 11.3 Å². The SMILES string of the molecule is Cc1cccc(CN(C)c2nc(C(C)C)c(C(=O)O)s2)c1. The Hall–Kier alpha value is -1.88. The smallest absolute Gasteiger partial charge is 0.347 e.